The molecular weight excluding hydrogens is 961 g/mol. The third kappa shape index (κ3) is 64.5. The third-order valence-electron chi connectivity index (χ3n) is 15.8. The predicted octanol–water partition coefficient (Wildman–Crippen LogP) is 23.9. The maximum Gasteiger partial charge on any atom is 0.306 e. The molecule has 0 heterocycles. The van der Waals surface area contributed by atoms with Gasteiger partial charge in [-0.25, -0.2) is 0 Å². The first-order valence-electron chi connectivity index (χ1n) is 35.0. The Labute approximate surface area is 486 Å². The lowest BCUT2D eigenvalue weighted by atomic mass is 10.0. The quantitative estimate of drug-likeness (QED) is 0.0261. The van der Waals surface area contributed by atoms with Gasteiger partial charge in [-0.2, -0.15) is 0 Å². The summed E-state index contributed by atoms with van der Waals surface area (Å²) in [6.07, 6.45) is 83.4. The van der Waals surface area contributed by atoms with Crippen LogP contribution >= 0.6 is 0 Å². The smallest absolute Gasteiger partial charge is 0.306 e. The zero-order chi connectivity index (χ0) is 56.4. The SMILES string of the molecule is CCC/C=C\CCCCCCCC(=O)OCC(COC(=O)CCCCCCCCCCCCCCCCCCCCCCCCCCCCCCC)OC(=O)CCCCCCCCCCC/C=C\C/C=C\CCCCCCC. The maximum absolute atomic E-state index is 12.9. The van der Waals surface area contributed by atoms with Crippen LogP contribution in [0.1, 0.15) is 387 Å². The minimum Gasteiger partial charge on any atom is -0.462 e. The molecule has 1 atom stereocenters. The standard InChI is InChI=1S/C72H134O6/c1-4-7-10-13-16-19-22-24-26-28-30-32-33-34-35-36-37-38-39-41-42-44-46-48-50-53-56-59-62-65-71(74)77-68-69(67-76-70(73)64-61-58-55-52-21-18-15-12-9-6-3)78-72(75)66-63-60-57-54-51-49-47-45-43-40-31-29-27-25-23-20-17-14-11-8-5-2/h12,15,23,25,29,31,69H,4-11,13-14,16-22,24,26-28,30,32-68H2,1-3H3/b15-12-,25-23-,31-29-. The van der Waals surface area contributed by atoms with Gasteiger partial charge in [0.05, 0.1) is 0 Å². The fourth-order valence-electron chi connectivity index (χ4n) is 10.6. The van der Waals surface area contributed by atoms with E-state index in [4.69, 9.17) is 14.2 Å². The maximum atomic E-state index is 12.9. The first-order chi connectivity index (χ1) is 38.5. The molecule has 1 unspecified atom stereocenters. The zero-order valence-electron chi connectivity index (χ0n) is 52.7. The Bertz CT molecular complexity index is 1300. The minimum atomic E-state index is -0.776. The second kappa shape index (κ2) is 67.1. The number of carbonyl (C=O) groups is 3. The van der Waals surface area contributed by atoms with Crippen molar-refractivity contribution in [1.82, 2.24) is 0 Å². The lowest BCUT2D eigenvalue weighted by Gasteiger charge is -2.18. The molecule has 0 radical (unpaired) electrons. The molecule has 0 saturated heterocycles. The largest absolute Gasteiger partial charge is 0.462 e. The molecule has 0 aromatic rings. The van der Waals surface area contributed by atoms with Crippen LogP contribution in [-0.2, 0) is 28.6 Å². The molecule has 0 aromatic heterocycles. The summed E-state index contributed by atoms with van der Waals surface area (Å²) in [6.45, 7) is 6.62. The summed E-state index contributed by atoms with van der Waals surface area (Å²) in [7, 11) is 0. The van der Waals surface area contributed by atoms with Gasteiger partial charge in [-0.05, 0) is 70.6 Å². The van der Waals surface area contributed by atoms with Crippen LogP contribution < -0.4 is 0 Å². The van der Waals surface area contributed by atoms with Gasteiger partial charge in [0.15, 0.2) is 6.10 Å². The molecule has 6 heteroatoms. The highest BCUT2D eigenvalue weighted by molar-refractivity contribution is 5.71. The van der Waals surface area contributed by atoms with Crippen molar-refractivity contribution in [3.05, 3.63) is 36.5 Å². The molecule has 0 aromatic carbocycles. The number of allylic oxidation sites excluding steroid dienone is 6. The zero-order valence-corrected chi connectivity index (χ0v) is 52.7. The minimum absolute atomic E-state index is 0.0724. The lowest BCUT2D eigenvalue weighted by Crippen LogP contribution is -2.30. The number of esters is 3. The van der Waals surface area contributed by atoms with E-state index >= 15 is 0 Å². The first-order valence-corrected chi connectivity index (χ1v) is 35.0. The van der Waals surface area contributed by atoms with E-state index in [2.05, 4.69) is 57.2 Å². The van der Waals surface area contributed by atoms with Crippen molar-refractivity contribution in [3.8, 4) is 0 Å². The van der Waals surface area contributed by atoms with Crippen molar-refractivity contribution in [2.45, 2.75) is 393 Å². The number of rotatable bonds is 65. The molecule has 0 spiro atoms. The van der Waals surface area contributed by atoms with Gasteiger partial charge < -0.3 is 14.2 Å². The average molecular weight is 1100 g/mol. The Morgan fingerprint density at radius 2 is 0.487 bits per heavy atom. The second-order valence-corrected chi connectivity index (χ2v) is 23.8. The van der Waals surface area contributed by atoms with Crippen molar-refractivity contribution in [2.24, 2.45) is 0 Å². The summed E-state index contributed by atoms with van der Waals surface area (Å²) in [6, 6.07) is 0. The highest BCUT2D eigenvalue weighted by atomic mass is 16.6. The first kappa shape index (κ1) is 75.6. The number of hydrogen-bond donors (Lipinski definition) is 0. The molecule has 0 aliphatic rings. The highest BCUT2D eigenvalue weighted by Crippen LogP contribution is 2.19. The van der Waals surface area contributed by atoms with Gasteiger partial charge in [0, 0.05) is 19.3 Å². The van der Waals surface area contributed by atoms with Crippen LogP contribution in [0.2, 0.25) is 0 Å². The summed E-state index contributed by atoms with van der Waals surface area (Å²) in [5.41, 5.74) is 0. The van der Waals surface area contributed by atoms with Crippen molar-refractivity contribution in [3.63, 3.8) is 0 Å². The number of unbranched alkanes of at least 4 members (excludes halogenated alkanes) is 48. The van der Waals surface area contributed by atoms with Gasteiger partial charge in [0.2, 0.25) is 0 Å². The van der Waals surface area contributed by atoms with Crippen LogP contribution in [0, 0.1) is 0 Å². The molecule has 0 aliphatic carbocycles. The van der Waals surface area contributed by atoms with Gasteiger partial charge in [-0.1, -0.05) is 333 Å². The average Bonchev–Trinajstić information content (AvgIpc) is 3.44. The molecular formula is C72H134O6. The summed E-state index contributed by atoms with van der Waals surface area (Å²) in [5.74, 6) is -0.864. The molecule has 0 N–H and O–H groups in total. The lowest BCUT2D eigenvalue weighted by molar-refractivity contribution is -0.167. The van der Waals surface area contributed by atoms with Crippen molar-refractivity contribution >= 4 is 17.9 Å². The highest BCUT2D eigenvalue weighted by Gasteiger charge is 2.19. The van der Waals surface area contributed by atoms with Crippen LogP contribution in [0.5, 0.6) is 0 Å². The fourth-order valence-corrected chi connectivity index (χ4v) is 10.6. The van der Waals surface area contributed by atoms with Gasteiger partial charge in [-0.3, -0.25) is 14.4 Å². The van der Waals surface area contributed by atoms with E-state index in [0.29, 0.717) is 19.3 Å². The van der Waals surface area contributed by atoms with Crippen LogP contribution in [0.25, 0.3) is 0 Å². The summed E-state index contributed by atoms with van der Waals surface area (Å²) < 4.78 is 16.9. The van der Waals surface area contributed by atoms with Crippen molar-refractivity contribution < 1.29 is 28.6 Å². The summed E-state index contributed by atoms with van der Waals surface area (Å²) in [4.78, 5) is 38.3. The van der Waals surface area contributed by atoms with E-state index in [1.54, 1.807) is 0 Å². The molecule has 0 amide bonds. The summed E-state index contributed by atoms with van der Waals surface area (Å²) in [5, 5.41) is 0. The van der Waals surface area contributed by atoms with Crippen molar-refractivity contribution in [2.75, 3.05) is 13.2 Å². The van der Waals surface area contributed by atoms with E-state index in [-0.39, 0.29) is 31.1 Å². The van der Waals surface area contributed by atoms with Gasteiger partial charge >= 0.3 is 17.9 Å². The van der Waals surface area contributed by atoms with E-state index in [1.807, 2.05) is 0 Å². The van der Waals surface area contributed by atoms with Crippen LogP contribution in [0.3, 0.4) is 0 Å². The van der Waals surface area contributed by atoms with Crippen LogP contribution in [-0.4, -0.2) is 37.2 Å². The molecule has 0 bridgehead atoms. The molecule has 0 aliphatic heterocycles. The molecule has 78 heavy (non-hydrogen) atoms. The van der Waals surface area contributed by atoms with E-state index in [9.17, 15) is 14.4 Å². The predicted molar refractivity (Wildman–Crippen MR) is 339 cm³/mol. The molecule has 0 fully saturated rings. The second-order valence-electron chi connectivity index (χ2n) is 23.8. The van der Waals surface area contributed by atoms with Gasteiger partial charge in [0.1, 0.15) is 13.2 Å². The Kier molecular flexibility index (Phi) is 65.1. The topological polar surface area (TPSA) is 78.9 Å². The molecule has 0 saturated carbocycles. The van der Waals surface area contributed by atoms with E-state index in [0.717, 1.165) is 77.0 Å². The van der Waals surface area contributed by atoms with Gasteiger partial charge in [-0.15, -0.1) is 0 Å². The number of carbonyl (C=O) groups excluding carboxylic acids is 3. The monoisotopic (exact) mass is 1100 g/mol. The normalized spacial score (nSPS) is 12.2. The Hall–Kier alpha value is -2.37. The van der Waals surface area contributed by atoms with E-state index < -0.39 is 6.10 Å². The van der Waals surface area contributed by atoms with Crippen LogP contribution in [0.15, 0.2) is 36.5 Å². The third-order valence-corrected chi connectivity index (χ3v) is 15.8. The van der Waals surface area contributed by atoms with E-state index in [1.165, 1.54) is 270 Å². The van der Waals surface area contributed by atoms with Gasteiger partial charge in [0.25, 0.3) is 0 Å². The number of hydrogen-bond acceptors (Lipinski definition) is 6. The molecule has 0 rings (SSSR count). The Balaban J connectivity index is 4.12. The Morgan fingerprint density at radius 3 is 0.769 bits per heavy atom. The fraction of sp³-hybridized carbons (Fsp3) is 0.875. The summed E-state index contributed by atoms with van der Waals surface area (Å²) >= 11 is 0. The number of ether oxygens (including phenoxy) is 3. The van der Waals surface area contributed by atoms with Crippen LogP contribution in [0.4, 0.5) is 0 Å². The molecule has 6 nitrogen and oxygen atoms in total. The van der Waals surface area contributed by atoms with Crippen molar-refractivity contribution in [1.29, 1.82) is 0 Å². The Morgan fingerprint density at radius 1 is 0.256 bits per heavy atom. The molecule has 458 valence electrons.